The lowest BCUT2D eigenvalue weighted by atomic mass is 9.64. The van der Waals surface area contributed by atoms with Crippen LogP contribution in [0.4, 0.5) is 0 Å². The van der Waals surface area contributed by atoms with Gasteiger partial charge in [0.1, 0.15) is 0 Å². The zero-order valence-electron chi connectivity index (χ0n) is 8.45. The van der Waals surface area contributed by atoms with E-state index >= 15 is 0 Å². The van der Waals surface area contributed by atoms with Crippen molar-refractivity contribution in [3.05, 3.63) is 11.1 Å². The fraction of sp³-hybridized carbons (Fsp3) is 0.833. The van der Waals surface area contributed by atoms with E-state index < -0.39 is 0 Å². The van der Waals surface area contributed by atoms with Crippen LogP contribution in [0.1, 0.15) is 58.8 Å². The van der Waals surface area contributed by atoms with Crippen LogP contribution in [0.3, 0.4) is 0 Å². The molecular formula is C12H20. The first-order chi connectivity index (χ1) is 5.72. The molecule has 1 saturated carbocycles. The lowest BCUT2D eigenvalue weighted by Crippen LogP contribution is -2.27. The normalized spacial score (nSPS) is 36.5. The first kappa shape index (κ1) is 8.34. The topological polar surface area (TPSA) is 0 Å². The Bertz CT molecular complexity index is 212. The molecule has 2 aliphatic carbocycles. The minimum atomic E-state index is 0.626. The Morgan fingerprint density at radius 3 is 2.50 bits per heavy atom. The maximum atomic E-state index is 2.49. The highest BCUT2D eigenvalue weighted by Gasteiger charge is 2.34. The number of hydrogen-bond donors (Lipinski definition) is 0. The van der Waals surface area contributed by atoms with Gasteiger partial charge in [-0.25, -0.2) is 0 Å². The fourth-order valence-corrected chi connectivity index (χ4v) is 3.17. The summed E-state index contributed by atoms with van der Waals surface area (Å²) in [4.78, 5) is 0. The fourth-order valence-electron chi connectivity index (χ4n) is 3.17. The molecule has 68 valence electrons. The molecule has 1 unspecified atom stereocenters. The average Bonchev–Trinajstić information content (AvgIpc) is 2.04. The van der Waals surface area contributed by atoms with Gasteiger partial charge in [-0.15, -0.1) is 0 Å². The first-order valence-corrected chi connectivity index (χ1v) is 5.41. The molecule has 0 aromatic heterocycles. The third-order valence-corrected chi connectivity index (χ3v) is 3.93. The van der Waals surface area contributed by atoms with Crippen LogP contribution in [0.2, 0.25) is 0 Å². The minimum Gasteiger partial charge on any atom is -0.0736 e. The molecule has 0 aromatic rings. The van der Waals surface area contributed by atoms with E-state index in [4.69, 9.17) is 0 Å². The van der Waals surface area contributed by atoms with E-state index in [1.807, 2.05) is 5.57 Å². The molecule has 0 N–H and O–H groups in total. The maximum absolute atomic E-state index is 2.49. The van der Waals surface area contributed by atoms with Gasteiger partial charge in [-0.2, -0.15) is 0 Å². The van der Waals surface area contributed by atoms with E-state index in [1.54, 1.807) is 5.57 Å². The molecule has 1 atom stereocenters. The molecule has 12 heavy (non-hydrogen) atoms. The molecule has 0 heterocycles. The van der Waals surface area contributed by atoms with E-state index in [-0.39, 0.29) is 0 Å². The highest BCUT2D eigenvalue weighted by atomic mass is 14.4. The molecule has 0 heteroatoms. The molecule has 0 amide bonds. The molecule has 0 nitrogen and oxygen atoms in total. The van der Waals surface area contributed by atoms with Crippen molar-refractivity contribution in [3.8, 4) is 0 Å². The van der Waals surface area contributed by atoms with Crippen LogP contribution >= 0.6 is 0 Å². The van der Waals surface area contributed by atoms with Crippen molar-refractivity contribution >= 4 is 0 Å². The van der Waals surface area contributed by atoms with Crippen molar-refractivity contribution in [2.24, 2.45) is 5.41 Å². The van der Waals surface area contributed by atoms with Crippen molar-refractivity contribution in [2.75, 3.05) is 0 Å². The molecule has 0 aromatic carbocycles. The number of hydrogen-bond acceptors (Lipinski definition) is 0. The smallest absolute Gasteiger partial charge is 0.0114 e. The summed E-state index contributed by atoms with van der Waals surface area (Å²) in [5.41, 5.74) is 4.18. The van der Waals surface area contributed by atoms with Gasteiger partial charge in [0.2, 0.25) is 0 Å². The van der Waals surface area contributed by atoms with Gasteiger partial charge in [-0.3, -0.25) is 0 Å². The lowest BCUT2D eigenvalue weighted by Gasteiger charge is -2.41. The SMILES string of the molecule is CC1=C2CCCCC2(C)CCC1. The Morgan fingerprint density at radius 1 is 1.00 bits per heavy atom. The van der Waals surface area contributed by atoms with E-state index in [0.717, 1.165) is 0 Å². The average molecular weight is 164 g/mol. The van der Waals surface area contributed by atoms with E-state index in [2.05, 4.69) is 13.8 Å². The van der Waals surface area contributed by atoms with Gasteiger partial charge in [0.15, 0.2) is 0 Å². The third kappa shape index (κ3) is 1.22. The summed E-state index contributed by atoms with van der Waals surface area (Å²) in [7, 11) is 0. The van der Waals surface area contributed by atoms with Crippen LogP contribution in [0, 0.1) is 5.41 Å². The van der Waals surface area contributed by atoms with Gasteiger partial charge in [0, 0.05) is 0 Å². The minimum absolute atomic E-state index is 0.626. The Hall–Kier alpha value is -0.260. The van der Waals surface area contributed by atoms with Crippen molar-refractivity contribution in [2.45, 2.75) is 58.8 Å². The molecule has 1 fully saturated rings. The van der Waals surface area contributed by atoms with E-state index in [1.165, 1.54) is 44.9 Å². The van der Waals surface area contributed by atoms with Crippen molar-refractivity contribution in [1.82, 2.24) is 0 Å². The van der Waals surface area contributed by atoms with Crippen LogP contribution in [0.25, 0.3) is 0 Å². The highest BCUT2D eigenvalue weighted by molar-refractivity contribution is 5.24. The van der Waals surface area contributed by atoms with Gasteiger partial charge in [-0.05, 0) is 50.9 Å². The molecule has 2 aliphatic rings. The van der Waals surface area contributed by atoms with Crippen LogP contribution < -0.4 is 0 Å². The summed E-state index contributed by atoms with van der Waals surface area (Å²) in [6, 6.07) is 0. The van der Waals surface area contributed by atoms with E-state index in [9.17, 15) is 0 Å². The number of rotatable bonds is 0. The Kier molecular flexibility index (Phi) is 2.02. The van der Waals surface area contributed by atoms with Gasteiger partial charge >= 0.3 is 0 Å². The van der Waals surface area contributed by atoms with Crippen LogP contribution in [-0.4, -0.2) is 0 Å². The molecule has 0 aliphatic heterocycles. The second kappa shape index (κ2) is 2.90. The van der Waals surface area contributed by atoms with Gasteiger partial charge < -0.3 is 0 Å². The second-order valence-electron chi connectivity index (χ2n) is 4.88. The zero-order valence-corrected chi connectivity index (χ0v) is 8.45. The first-order valence-electron chi connectivity index (χ1n) is 5.41. The Morgan fingerprint density at radius 2 is 1.75 bits per heavy atom. The van der Waals surface area contributed by atoms with Crippen molar-refractivity contribution in [1.29, 1.82) is 0 Å². The lowest BCUT2D eigenvalue weighted by molar-refractivity contribution is 0.257. The summed E-state index contributed by atoms with van der Waals surface area (Å²) in [5, 5.41) is 0. The maximum Gasteiger partial charge on any atom is -0.0114 e. The molecule has 2 rings (SSSR count). The zero-order chi connectivity index (χ0) is 8.60. The number of allylic oxidation sites excluding steroid dienone is 2. The molecular weight excluding hydrogens is 144 g/mol. The van der Waals surface area contributed by atoms with Crippen molar-refractivity contribution < 1.29 is 0 Å². The summed E-state index contributed by atoms with van der Waals surface area (Å²) < 4.78 is 0. The van der Waals surface area contributed by atoms with Gasteiger partial charge in [0.25, 0.3) is 0 Å². The monoisotopic (exact) mass is 164 g/mol. The molecule has 0 saturated heterocycles. The largest absolute Gasteiger partial charge is 0.0736 e. The quantitative estimate of drug-likeness (QED) is 0.473. The summed E-state index contributed by atoms with van der Waals surface area (Å²) in [6.45, 7) is 4.85. The second-order valence-corrected chi connectivity index (χ2v) is 4.88. The Balaban J connectivity index is 2.31. The highest BCUT2D eigenvalue weighted by Crippen LogP contribution is 2.49. The van der Waals surface area contributed by atoms with Crippen LogP contribution in [-0.2, 0) is 0 Å². The predicted octanol–water partition coefficient (Wildman–Crippen LogP) is 4.07. The predicted molar refractivity (Wildman–Crippen MR) is 53.1 cm³/mol. The van der Waals surface area contributed by atoms with Crippen LogP contribution in [0.15, 0.2) is 11.1 Å². The van der Waals surface area contributed by atoms with Crippen LogP contribution in [0.5, 0.6) is 0 Å². The van der Waals surface area contributed by atoms with Gasteiger partial charge in [0.05, 0.1) is 0 Å². The van der Waals surface area contributed by atoms with Crippen molar-refractivity contribution in [3.63, 3.8) is 0 Å². The number of fused-ring (bicyclic) bond motifs is 1. The Labute approximate surface area is 76.1 Å². The molecule has 0 bridgehead atoms. The summed E-state index contributed by atoms with van der Waals surface area (Å²) >= 11 is 0. The van der Waals surface area contributed by atoms with Gasteiger partial charge in [-0.1, -0.05) is 24.5 Å². The summed E-state index contributed by atoms with van der Waals surface area (Å²) in [6.07, 6.45) is 10.0. The van der Waals surface area contributed by atoms with E-state index in [0.29, 0.717) is 5.41 Å². The summed E-state index contributed by atoms with van der Waals surface area (Å²) in [5.74, 6) is 0. The molecule has 0 spiro atoms. The molecule has 0 radical (unpaired) electrons. The third-order valence-electron chi connectivity index (χ3n) is 3.93. The standard InChI is InChI=1S/C12H20/c1-10-6-5-9-12(2)8-4-3-7-11(10)12/h3-9H2,1-2H3.